The molecular weight excluding hydrogens is 314 g/mol. The molecule has 2 heterocycles. The monoisotopic (exact) mass is 329 g/mol. The predicted molar refractivity (Wildman–Crippen MR) is 80.9 cm³/mol. The third-order valence-electron chi connectivity index (χ3n) is 3.29. The summed E-state index contributed by atoms with van der Waals surface area (Å²) >= 11 is 0. The topological polar surface area (TPSA) is 80.1 Å². The first-order valence-electron chi connectivity index (χ1n) is 6.27. The number of hydrogen-bond acceptors (Lipinski definition) is 5. The van der Waals surface area contributed by atoms with E-state index in [4.69, 9.17) is 0 Å². The highest BCUT2D eigenvalue weighted by Crippen LogP contribution is 2.27. The fourth-order valence-corrected chi connectivity index (χ4v) is 3.85. The summed E-state index contributed by atoms with van der Waals surface area (Å²) in [5.74, 6) is 0. The van der Waals surface area contributed by atoms with E-state index in [9.17, 15) is 8.42 Å². The molecule has 21 heavy (non-hydrogen) atoms. The highest BCUT2D eigenvalue weighted by atomic mass is 35.5. The Morgan fingerprint density at radius 1 is 1.29 bits per heavy atom. The Labute approximate surface area is 129 Å². The number of fused-ring (bicyclic) bond motifs is 1. The summed E-state index contributed by atoms with van der Waals surface area (Å²) in [6.45, 7) is 1.63. The van der Waals surface area contributed by atoms with E-state index in [1.54, 1.807) is 7.05 Å². The highest BCUT2D eigenvalue weighted by molar-refractivity contribution is 7.92. The van der Waals surface area contributed by atoms with Crippen LogP contribution in [0.5, 0.6) is 0 Å². The summed E-state index contributed by atoms with van der Waals surface area (Å²) < 4.78 is 28.3. The zero-order valence-electron chi connectivity index (χ0n) is 11.4. The molecule has 1 aliphatic heterocycles. The molecule has 3 rings (SSSR count). The molecule has 2 aromatic rings. The molecule has 0 unspecified atom stereocenters. The van der Waals surface area contributed by atoms with Gasteiger partial charge in [0.2, 0.25) is 0 Å². The molecule has 1 aliphatic rings. The Morgan fingerprint density at radius 3 is 2.76 bits per heavy atom. The fourth-order valence-electron chi connectivity index (χ4n) is 2.30. The summed E-state index contributed by atoms with van der Waals surface area (Å²) in [5.41, 5.74) is 1.67. The molecule has 114 valence electrons. The molecule has 0 spiro atoms. The first-order chi connectivity index (χ1) is 9.60. The Morgan fingerprint density at radius 2 is 2.05 bits per heavy atom. The number of halogens is 1. The van der Waals surface area contributed by atoms with Crippen molar-refractivity contribution >= 4 is 28.1 Å². The van der Waals surface area contributed by atoms with Gasteiger partial charge in [0.05, 0.1) is 11.9 Å². The minimum Gasteiger partial charge on any atom is -0.311 e. The lowest BCUT2D eigenvalue weighted by molar-refractivity contribution is 0.568. The van der Waals surface area contributed by atoms with Crippen LogP contribution in [0.2, 0.25) is 0 Å². The van der Waals surface area contributed by atoms with Gasteiger partial charge in [0.25, 0.3) is 10.0 Å². The Hall–Kier alpha value is -1.64. The van der Waals surface area contributed by atoms with Crippen molar-refractivity contribution < 1.29 is 8.42 Å². The van der Waals surface area contributed by atoms with Gasteiger partial charge in [-0.2, -0.15) is 8.42 Å². The zero-order chi connectivity index (χ0) is 14.2. The Bertz CT molecular complexity index is 731. The van der Waals surface area contributed by atoms with Crippen LogP contribution in [0, 0.1) is 0 Å². The molecule has 0 fully saturated rings. The number of benzene rings is 1. The number of nitrogens with zero attached hydrogens (tertiary/aromatic N) is 4. The molecular formula is C12H16ClN5O2S. The maximum absolute atomic E-state index is 12.8. The smallest absolute Gasteiger partial charge is 0.283 e. The normalized spacial score (nSPS) is 15.0. The predicted octanol–water partition coefficient (Wildman–Crippen LogP) is 0.535. The van der Waals surface area contributed by atoms with Crippen LogP contribution in [0.3, 0.4) is 0 Å². The van der Waals surface area contributed by atoms with Crippen LogP contribution < -0.4 is 9.62 Å². The maximum atomic E-state index is 12.8. The molecule has 0 radical (unpaired) electrons. The van der Waals surface area contributed by atoms with Crippen LogP contribution in [-0.2, 0) is 23.6 Å². The van der Waals surface area contributed by atoms with Gasteiger partial charge in [0.1, 0.15) is 0 Å². The summed E-state index contributed by atoms with van der Waals surface area (Å²) in [7, 11) is -2.08. The minimum atomic E-state index is -3.65. The Balaban J connectivity index is 0.00000161. The van der Waals surface area contributed by atoms with E-state index in [1.807, 2.05) is 24.3 Å². The van der Waals surface area contributed by atoms with Crippen molar-refractivity contribution in [3.05, 3.63) is 36.0 Å². The van der Waals surface area contributed by atoms with Crippen LogP contribution in [-0.4, -0.2) is 36.5 Å². The van der Waals surface area contributed by atoms with E-state index in [2.05, 4.69) is 15.6 Å². The zero-order valence-corrected chi connectivity index (χ0v) is 13.1. The van der Waals surface area contributed by atoms with Crippen LogP contribution in [0.25, 0.3) is 0 Å². The van der Waals surface area contributed by atoms with Gasteiger partial charge in [0, 0.05) is 26.7 Å². The van der Waals surface area contributed by atoms with Crippen molar-refractivity contribution in [1.29, 1.82) is 0 Å². The van der Waals surface area contributed by atoms with Crippen LogP contribution in [0.4, 0.5) is 5.69 Å². The molecule has 9 heteroatoms. The summed E-state index contributed by atoms with van der Waals surface area (Å²) in [6, 6.07) is 7.50. The molecule has 0 bridgehead atoms. The van der Waals surface area contributed by atoms with Crippen molar-refractivity contribution in [2.45, 2.75) is 11.6 Å². The molecule has 7 nitrogen and oxygen atoms in total. The molecule has 1 aromatic carbocycles. The van der Waals surface area contributed by atoms with Crippen molar-refractivity contribution in [3.8, 4) is 0 Å². The van der Waals surface area contributed by atoms with E-state index < -0.39 is 10.0 Å². The second-order valence-corrected chi connectivity index (χ2v) is 6.39. The third-order valence-corrected chi connectivity index (χ3v) is 5.15. The van der Waals surface area contributed by atoms with Gasteiger partial charge in [-0.25, -0.2) is 4.68 Å². The summed E-state index contributed by atoms with van der Waals surface area (Å²) in [5, 5.41) is 10.7. The Kier molecular flexibility index (Phi) is 4.50. The van der Waals surface area contributed by atoms with Gasteiger partial charge < -0.3 is 5.32 Å². The lowest BCUT2D eigenvalue weighted by atomic mass is 10.2. The fraction of sp³-hybridized carbons (Fsp3) is 0.333. The van der Waals surface area contributed by atoms with Crippen molar-refractivity contribution in [2.24, 2.45) is 7.05 Å². The van der Waals surface area contributed by atoms with Gasteiger partial charge in [-0.1, -0.05) is 23.4 Å². The first kappa shape index (κ1) is 15.7. The van der Waals surface area contributed by atoms with E-state index in [1.165, 1.54) is 15.2 Å². The summed E-state index contributed by atoms with van der Waals surface area (Å²) in [4.78, 5) is 0. The van der Waals surface area contributed by atoms with Gasteiger partial charge >= 0.3 is 0 Å². The number of sulfonamides is 1. The van der Waals surface area contributed by atoms with Gasteiger partial charge in [-0.15, -0.1) is 17.5 Å². The quantitative estimate of drug-likeness (QED) is 0.869. The van der Waals surface area contributed by atoms with Crippen LogP contribution >= 0.6 is 12.4 Å². The van der Waals surface area contributed by atoms with Gasteiger partial charge in [0.15, 0.2) is 5.03 Å². The number of aryl methyl sites for hydroxylation is 1. The average Bonchev–Trinajstić information content (AvgIpc) is 2.75. The summed E-state index contributed by atoms with van der Waals surface area (Å²) in [6.07, 6.45) is 1.27. The largest absolute Gasteiger partial charge is 0.311 e. The van der Waals surface area contributed by atoms with Crippen LogP contribution in [0.15, 0.2) is 35.5 Å². The second-order valence-electron chi connectivity index (χ2n) is 4.58. The highest BCUT2D eigenvalue weighted by Gasteiger charge is 2.30. The molecule has 0 amide bonds. The molecule has 0 aliphatic carbocycles. The molecule has 1 aromatic heterocycles. The average molecular weight is 330 g/mol. The standard InChI is InChI=1S/C12H15N5O2S.ClH/c1-16-12(9-14-15-16)20(18,19)17-7-6-13-8-10-4-2-3-5-11(10)17;/h2-5,9,13H,6-8H2,1H3;1H. The lowest BCUT2D eigenvalue weighted by Crippen LogP contribution is -2.35. The molecule has 0 saturated carbocycles. The van der Waals surface area contributed by atoms with Gasteiger partial charge in [-0.05, 0) is 11.6 Å². The molecule has 0 saturated heterocycles. The minimum absolute atomic E-state index is 0. The van der Waals surface area contributed by atoms with E-state index >= 15 is 0 Å². The maximum Gasteiger partial charge on any atom is 0.283 e. The molecule has 0 atom stereocenters. The first-order valence-corrected chi connectivity index (χ1v) is 7.71. The van der Waals surface area contributed by atoms with Crippen molar-refractivity contribution in [1.82, 2.24) is 20.3 Å². The SMILES string of the molecule is Cl.Cn1nncc1S(=O)(=O)N1CCNCc2ccccc21. The number of rotatable bonds is 2. The second kappa shape index (κ2) is 6.00. The number of hydrogen-bond donors (Lipinski definition) is 1. The molecule has 1 N–H and O–H groups in total. The van der Waals surface area contributed by atoms with E-state index in [0.29, 0.717) is 25.3 Å². The van der Waals surface area contributed by atoms with Crippen LogP contribution in [0.1, 0.15) is 5.56 Å². The van der Waals surface area contributed by atoms with E-state index in [0.717, 1.165) is 5.56 Å². The van der Waals surface area contributed by atoms with Crippen molar-refractivity contribution in [3.63, 3.8) is 0 Å². The number of anilines is 1. The third kappa shape index (κ3) is 2.74. The number of para-hydroxylation sites is 1. The van der Waals surface area contributed by atoms with Gasteiger partial charge in [-0.3, -0.25) is 4.31 Å². The number of aromatic nitrogens is 3. The van der Waals surface area contributed by atoms with Crippen molar-refractivity contribution in [2.75, 3.05) is 17.4 Å². The number of nitrogens with one attached hydrogen (secondary N) is 1. The van der Waals surface area contributed by atoms with E-state index in [-0.39, 0.29) is 17.4 Å². The lowest BCUT2D eigenvalue weighted by Gasteiger charge is -2.23.